The molecule has 5 nitrogen and oxygen atoms in total. The van der Waals surface area contributed by atoms with E-state index >= 15 is 0 Å². The molecular formula is C14H10F2N2O3. The Bertz CT molecular complexity index is 712. The van der Waals surface area contributed by atoms with Crippen molar-refractivity contribution in [1.82, 2.24) is 0 Å². The number of carboxylic acid groups (broad SMARTS) is 1. The first-order valence-corrected chi connectivity index (χ1v) is 5.78. The fourth-order valence-corrected chi connectivity index (χ4v) is 1.75. The van der Waals surface area contributed by atoms with E-state index in [2.05, 4.69) is 5.32 Å². The van der Waals surface area contributed by atoms with Crippen LogP contribution in [0.5, 0.6) is 0 Å². The number of halogens is 2. The Balaban J connectivity index is 2.40. The predicted molar refractivity (Wildman–Crippen MR) is 72.1 cm³/mol. The second kappa shape index (κ2) is 5.58. The molecule has 0 saturated carbocycles. The number of aromatic carboxylic acids is 1. The van der Waals surface area contributed by atoms with Gasteiger partial charge in [0.15, 0.2) is 0 Å². The minimum atomic E-state index is -1.31. The highest BCUT2D eigenvalue weighted by molar-refractivity contribution is 6.08. The zero-order chi connectivity index (χ0) is 15.6. The number of carbonyl (C=O) groups is 2. The molecule has 0 atom stereocenters. The Morgan fingerprint density at radius 3 is 2.29 bits per heavy atom. The van der Waals surface area contributed by atoms with Gasteiger partial charge in [-0.05, 0) is 30.3 Å². The molecule has 21 heavy (non-hydrogen) atoms. The number of nitrogens with one attached hydrogen (secondary N) is 1. The van der Waals surface area contributed by atoms with Gasteiger partial charge in [-0.1, -0.05) is 6.07 Å². The molecule has 0 radical (unpaired) electrons. The van der Waals surface area contributed by atoms with Crippen LogP contribution >= 0.6 is 0 Å². The summed E-state index contributed by atoms with van der Waals surface area (Å²) in [6, 6.07) is 6.68. The molecule has 4 N–H and O–H groups in total. The second-order valence-corrected chi connectivity index (χ2v) is 4.16. The van der Waals surface area contributed by atoms with Crippen molar-refractivity contribution in [3.8, 4) is 0 Å². The van der Waals surface area contributed by atoms with Gasteiger partial charge in [0, 0.05) is 5.69 Å². The van der Waals surface area contributed by atoms with E-state index in [1.165, 1.54) is 18.2 Å². The lowest BCUT2D eigenvalue weighted by Gasteiger charge is -2.10. The average Bonchev–Trinajstić information content (AvgIpc) is 2.38. The number of nitrogens with two attached hydrogens (primary N) is 1. The van der Waals surface area contributed by atoms with Gasteiger partial charge in [-0.25, -0.2) is 13.6 Å². The Kier molecular flexibility index (Phi) is 3.84. The largest absolute Gasteiger partial charge is 0.478 e. The summed E-state index contributed by atoms with van der Waals surface area (Å²) in [4.78, 5) is 23.0. The summed E-state index contributed by atoms with van der Waals surface area (Å²) in [5.74, 6) is -4.50. The standard InChI is InChI=1S/C14H10F2N2O3/c15-9-2-1-3-10(16)12(9)13(19)18-11-6-7(17)4-5-8(11)14(20)21/h1-6H,17H2,(H,18,19)(H,20,21). The Hall–Kier alpha value is -2.96. The quantitative estimate of drug-likeness (QED) is 0.758. The van der Waals surface area contributed by atoms with Crippen molar-refractivity contribution < 1.29 is 23.5 Å². The maximum absolute atomic E-state index is 13.5. The third-order valence-corrected chi connectivity index (χ3v) is 2.71. The molecule has 0 aliphatic rings. The van der Waals surface area contributed by atoms with Crippen LogP contribution in [0, 0.1) is 11.6 Å². The Morgan fingerprint density at radius 1 is 1.10 bits per heavy atom. The molecule has 0 aromatic heterocycles. The van der Waals surface area contributed by atoms with Gasteiger partial charge in [0.2, 0.25) is 0 Å². The van der Waals surface area contributed by atoms with Gasteiger partial charge in [-0.15, -0.1) is 0 Å². The van der Waals surface area contributed by atoms with Gasteiger partial charge < -0.3 is 16.2 Å². The molecule has 108 valence electrons. The highest BCUT2D eigenvalue weighted by atomic mass is 19.1. The molecule has 0 heterocycles. The number of amides is 1. The number of carbonyl (C=O) groups excluding carboxylic acids is 1. The first kappa shape index (κ1) is 14.4. The van der Waals surface area contributed by atoms with E-state index < -0.39 is 29.1 Å². The number of hydrogen-bond donors (Lipinski definition) is 3. The SMILES string of the molecule is Nc1ccc(C(=O)O)c(NC(=O)c2c(F)cccc2F)c1. The summed E-state index contributed by atoms with van der Waals surface area (Å²) >= 11 is 0. The van der Waals surface area contributed by atoms with Crippen molar-refractivity contribution in [2.45, 2.75) is 0 Å². The molecule has 0 unspecified atom stereocenters. The molecule has 0 fully saturated rings. The molecule has 0 aliphatic heterocycles. The summed E-state index contributed by atoms with van der Waals surface area (Å²) in [6.45, 7) is 0. The van der Waals surface area contributed by atoms with Crippen LogP contribution in [0.2, 0.25) is 0 Å². The highest BCUT2D eigenvalue weighted by Gasteiger charge is 2.19. The summed E-state index contributed by atoms with van der Waals surface area (Å²) in [7, 11) is 0. The van der Waals surface area contributed by atoms with E-state index in [0.717, 1.165) is 18.2 Å². The molecule has 1 amide bonds. The lowest BCUT2D eigenvalue weighted by molar-refractivity contribution is 0.0698. The molecule has 2 rings (SSSR count). The third kappa shape index (κ3) is 2.97. The van der Waals surface area contributed by atoms with E-state index in [1.807, 2.05) is 0 Å². The number of nitrogen functional groups attached to an aromatic ring is 1. The first-order chi connectivity index (χ1) is 9.90. The van der Waals surface area contributed by atoms with E-state index in [9.17, 15) is 18.4 Å². The molecule has 0 aliphatic carbocycles. The monoisotopic (exact) mass is 292 g/mol. The molecule has 0 bridgehead atoms. The van der Waals surface area contributed by atoms with Crippen LogP contribution in [-0.4, -0.2) is 17.0 Å². The Labute approximate surface area is 118 Å². The van der Waals surface area contributed by atoms with Crippen LogP contribution < -0.4 is 11.1 Å². The molecule has 2 aromatic carbocycles. The van der Waals surface area contributed by atoms with Crippen molar-refractivity contribution in [2.75, 3.05) is 11.1 Å². The van der Waals surface area contributed by atoms with Gasteiger partial charge >= 0.3 is 5.97 Å². The second-order valence-electron chi connectivity index (χ2n) is 4.16. The van der Waals surface area contributed by atoms with E-state index in [4.69, 9.17) is 10.8 Å². The third-order valence-electron chi connectivity index (χ3n) is 2.71. The van der Waals surface area contributed by atoms with Crippen molar-refractivity contribution in [3.05, 3.63) is 59.2 Å². The summed E-state index contributed by atoms with van der Waals surface area (Å²) in [6.07, 6.45) is 0. The number of anilines is 2. The molecule has 0 spiro atoms. The first-order valence-electron chi connectivity index (χ1n) is 5.78. The van der Waals surface area contributed by atoms with Crippen LogP contribution in [0.15, 0.2) is 36.4 Å². The minimum absolute atomic E-state index is 0.143. The topological polar surface area (TPSA) is 92.4 Å². The number of rotatable bonds is 3. The number of hydrogen-bond acceptors (Lipinski definition) is 3. The predicted octanol–water partition coefficient (Wildman–Crippen LogP) is 2.50. The van der Waals surface area contributed by atoms with Crippen molar-refractivity contribution >= 4 is 23.3 Å². The zero-order valence-electron chi connectivity index (χ0n) is 10.6. The van der Waals surface area contributed by atoms with Gasteiger partial charge in [0.25, 0.3) is 5.91 Å². The maximum Gasteiger partial charge on any atom is 0.337 e. The van der Waals surface area contributed by atoms with Gasteiger partial charge in [-0.2, -0.15) is 0 Å². The van der Waals surface area contributed by atoms with E-state index in [0.29, 0.717) is 0 Å². The molecule has 7 heteroatoms. The molecule has 2 aromatic rings. The highest BCUT2D eigenvalue weighted by Crippen LogP contribution is 2.21. The van der Waals surface area contributed by atoms with Gasteiger partial charge in [0.05, 0.1) is 11.3 Å². The normalized spacial score (nSPS) is 10.2. The average molecular weight is 292 g/mol. The molecular weight excluding hydrogens is 282 g/mol. The van der Waals surface area contributed by atoms with Crippen LogP contribution in [0.1, 0.15) is 20.7 Å². The van der Waals surface area contributed by atoms with Crippen LogP contribution in [0.3, 0.4) is 0 Å². The maximum atomic E-state index is 13.5. The van der Waals surface area contributed by atoms with Crippen LogP contribution in [-0.2, 0) is 0 Å². The Morgan fingerprint density at radius 2 is 1.71 bits per heavy atom. The lowest BCUT2D eigenvalue weighted by Crippen LogP contribution is -2.18. The molecule has 0 saturated heterocycles. The van der Waals surface area contributed by atoms with E-state index in [1.54, 1.807) is 0 Å². The van der Waals surface area contributed by atoms with Gasteiger partial charge in [-0.3, -0.25) is 4.79 Å². The van der Waals surface area contributed by atoms with Gasteiger partial charge in [0.1, 0.15) is 17.2 Å². The van der Waals surface area contributed by atoms with Crippen LogP contribution in [0.25, 0.3) is 0 Å². The van der Waals surface area contributed by atoms with Crippen molar-refractivity contribution in [3.63, 3.8) is 0 Å². The minimum Gasteiger partial charge on any atom is -0.478 e. The summed E-state index contributed by atoms with van der Waals surface area (Å²) in [5.41, 5.74) is 4.53. The van der Waals surface area contributed by atoms with Crippen molar-refractivity contribution in [1.29, 1.82) is 0 Å². The summed E-state index contributed by atoms with van der Waals surface area (Å²) < 4.78 is 27.0. The summed E-state index contributed by atoms with van der Waals surface area (Å²) in [5, 5.41) is 11.2. The fraction of sp³-hybridized carbons (Fsp3) is 0. The fourth-order valence-electron chi connectivity index (χ4n) is 1.75. The number of carboxylic acids is 1. The van der Waals surface area contributed by atoms with Crippen molar-refractivity contribution in [2.24, 2.45) is 0 Å². The zero-order valence-corrected chi connectivity index (χ0v) is 10.6. The van der Waals surface area contributed by atoms with E-state index in [-0.39, 0.29) is 16.9 Å². The smallest absolute Gasteiger partial charge is 0.337 e. The number of benzene rings is 2. The van der Waals surface area contributed by atoms with Crippen LogP contribution in [0.4, 0.5) is 20.2 Å². The lowest BCUT2D eigenvalue weighted by atomic mass is 10.1.